The number of halogens is 1. The highest BCUT2D eigenvalue weighted by atomic mass is 35.5. The quantitative estimate of drug-likeness (QED) is 0.921. The zero-order chi connectivity index (χ0) is 13.2. The molecule has 104 valence electrons. The molecule has 0 aliphatic carbocycles. The molecule has 0 saturated carbocycles. The molecule has 2 rings (SSSR count). The standard InChI is InChI=1S/C12H16N4O2.ClH/c1-12(2,7-13)11-15-10(16-18-11)8-4-5-9(17-3)14-6-8;/h4-6H,7,13H2,1-3H3;1H. The molecule has 0 atom stereocenters. The van der Waals surface area contributed by atoms with Crippen LogP contribution in [-0.4, -0.2) is 28.8 Å². The molecule has 7 heteroatoms. The van der Waals surface area contributed by atoms with Crippen molar-refractivity contribution in [3.05, 3.63) is 24.2 Å². The van der Waals surface area contributed by atoms with E-state index in [4.69, 9.17) is 15.0 Å². The van der Waals surface area contributed by atoms with E-state index in [0.29, 0.717) is 24.1 Å². The highest BCUT2D eigenvalue weighted by Gasteiger charge is 2.26. The molecule has 2 aromatic rings. The van der Waals surface area contributed by atoms with Gasteiger partial charge in [-0.1, -0.05) is 5.16 Å². The average molecular weight is 285 g/mol. The van der Waals surface area contributed by atoms with Gasteiger partial charge in [-0.15, -0.1) is 12.4 Å². The maximum Gasteiger partial charge on any atom is 0.233 e. The Labute approximate surface area is 117 Å². The Morgan fingerprint density at radius 1 is 1.37 bits per heavy atom. The molecular weight excluding hydrogens is 268 g/mol. The normalized spacial score (nSPS) is 10.9. The molecule has 2 heterocycles. The van der Waals surface area contributed by atoms with Crippen molar-refractivity contribution in [1.29, 1.82) is 0 Å². The van der Waals surface area contributed by atoms with E-state index in [0.717, 1.165) is 5.56 Å². The Balaban J connectivity index is 0.00000180. The van der Waals surface area contributed by atoms with E-state index in [1.807, 2.05) is 19.9 Å². The van der Waals surface area contributed by atoms with Crippen molar-refractivity contribution in [2.24, 2.45) is 5.73 Å². The number of hydrogen-bond donors (Lipinski definition) is 1. The van der Waals surface area contributed by atoms with E-state index in [-0.39, 0.29) is 17.8 Å². The van der Waals surface area contributed by atoms with Gasteiger partial charge in [0.05, 0.1) is 12.5 Å². The van der Waals surface area contributed by atoms with E-state index >= 15 is 0 Å². The maximum atomic E-state index is 5.67. The second-order valence-corrected chi connectivity index (χ2v) is 4.60. The highest BCUT2D eigenvalue weighted by molar-refractivity contribution is 5.85. The van der Waals surface area contributed by atoms with E-state index in [1.165, 1.54) is 0 Å². The Kier molecular flexibility index (Phi) is 4.85. The molecule has 0 aromatic carbocycles. The SMILES string of the molecule is COc1ccc(-c2noc(C(C)(C)CN)n2)cn1.Cl. The van der Waals surface area contributed by atoms with Gasteiger partial charge in [-0.2, -0.15) is 4.98 Å². The summed E-state index contributed by atoms with van der Waals surface area (Å²) in [5.74, 6) is 1.57. The summed E-state index contributed by atoms with van der Waals surface area (Å²) in [6.45, 7) is 4.35. The second kappa shape index (κ2) is 5.99. The first-order valence-corrected chi connectivity index (χ1v) is 5.61. The summed E-state index contributed by atoms with van der Waals surface area (Å²) in [5.41, 5.74) is 6.12. The predicted octanol–water partition coefficient (Wildman–Crippen LogP) is 1.80. The van der Waals surface area contributed by atoms with E-state index < -0.39 is 0 Å². The summed E-state index contributed by atoms with van der Waals surface area (Å²) in [6.07, 6.45) is 1.64. The largest absolute Gasteiger partial charge is 0.481 e. The molecule has 0 bridgehead atoms. The summed E-state index contributed by atoms with van der Waals surface area (Å²) in [6, 6.07) is 3.58. The van der Waals surface area contributed by atoms with Crippen LogP contribution >= 0.6 is 12.4 Å². The lowest BCUT2D eigenvalue weighted by Crippen LogP contribution is -2.28. The summed E-state index contributed by atoms with van der Waals surface area (Å²) in [7, 11) is 1.57. The zero-order valence-electron chi connectivity index (χ0n) is 11.1. The van der Waals surface area contributed by atoms with Crippen LogP contribution < -0.4 is 10.5 Å². The van der Waals surface area contributed by atoms with Gasteiger partial charge >= 0.3 is 0 Å². The molecule has 0 fully saturated rings. The van der Waals surface area contributed by atoms with Crippen molar-refractivity contribution in [3.8, 4) is 17.3 Å². The summed E-state index contributed by atoms with van der Waals surface area (Å²) < 4.78 is 10.2. The summed E-state index contributed by atoms with van der Waals surface area (Å²) in [4.78, 5) is 8.44. The lowest BCUT2D eigenvalue weighted by Gasteiger charge is -2.15. The molecular formula is C12H17ClN4O2. The van der Waals surface area contributed by atoms with Crippen LogP contribution in [-0.2, 0) is 5.41 Å². The van der Waals surface area contributed by atoms with Crippen molar-refractivity contribution in [2.75, 3.05) is 13.7 Å². The Morgan fingerprint density at radius 3 is 2.63 bits per heavy atom. The number of aromatic nitrogens is 3. The third-order valence-electron chi connectivity index (χ3n) is 2.72. The number of rotatable bonds is 4. The lowest BCUT2D eigenvalue weighted by molar-refractivity contribution is 0.311. The van der Waals surface area contributed by atoms with Crippen LogP contribution in [0, 0.1) is 0 Å². The highest BCUT2D eigenvalue weighted by Crippen LogP contribution is 2.23. The van der Waals surface area contributed by atoms with Crippen LogP contribution in [0.2, 0.25) is 0 Å². The van der Waals surface area contributed by atoms with E-state index in [9.17, 15) is 0 Å². The maximum absolute atomic E-state index is 5.67. The second-order valence-electron chi connectivity index (χ2n) is 4.60. The molecule has 2 N–H and O–H groups in total. The van der Waals surface area contributed by atoms with Gasteiger partial charge in [-0.3, -0.25) is 0 Å². The van der Waals surface area contributed by atoms with Crippen LogP contribution in [0.15, 0.2) is 22.9 Å². The minimum absolute atomic E-state index is 0. The monoisotopic (exact) mass is 284 g/mol. The molecule has 0 unspecified atom stereocenters. The van der Waals surface area contributed by atoms with Gasteiger partial charge in [0.25, 0.3) is 0 Å². The third kappa shape index (κ3) is 3.21. The molecule has 0 saturated heterocycles. The van der Waals surface area contributed by atoms with Crippen molar-refractivity contribution in [1.82, 2.24) is 15.1 Å². The minimum Gasteiger partial charge on any atom is -0.481 e. The van der Waals surface area contributed by atoms with E-state index in [2.05, 4.69) is 15.1 Å². The Bertz CT molecular complexity index is 525. The van der Waals surface area contributed by atoms with Gasteiger partial charge < -0.3 is 15.0 Å². The summed E-state index contributed by atoms with van der Waals surface area (Å²) >= 11 is 0. The van der Waals surface area contributed by atoms with Gasteiger partial charge in [-0.05, 0) is 19.9 Å². The fourth-order valence-corrected chi connectivity index (χ4v) is 1.34. The van der Waals surface area contributed by atoms with Crippen LogP contribution in [0.25, 0.3) is 11.4 Å². The third-order valence-corrected chi connectivity index (χ3v) is 2.72. The Hall–Kier alpha value is -1.66. The summed E-state index contributed by atoms with van der Waals surface area (Å²) in [5, 5.41) is 3.93. The van der Waals surface area contributed by atoms with Crippen molar-refractivity contribution in [2.45, 2.75) is 19.3 Å². The average Bonchev–Trinajstić information content (AvgIpc) is 2.89. The first kappa shape index (κ1) is 15.4. The lowest BCUT2D eigenvalue weighted by atomic mass is 9.94. The molecule has 0 spiro atoms. The molecule has 19 heavy (non-hydrogen) atoms. The first-order chi connectivity index (χ1) is 8.56. The van der Waals surface area contributed by atoms with Crippen molar-refractivity contribution >= 4 is 12.4 Å². The molecule has 0 radical (unpaired) electrons. The van der Waals surface area contributed by atoms with Crippen LogP contribution in [0.5, 0.6) is 5.88 Å². The zero-order valence-corrected chi connectivity index (χ0v) is 11.9. The van der Waals surface area contributed by atoms with Crippen LogP contribution in [0.3, 0.4) is 0 Å². The molecule has 2 aromatic heterocycles. The molecule has 0 aliphatic rings. The fraction of sp³-hybridized carbons (Fsp3) is 0.417. The first-order valence-electron chi connectivity index (χ1n) is 5.61. The van der Waals surface area contributed by atoms with Gasteiger partial charge in [0.15, 0.2) is 0 Å². The smallest absolute Gasteiger partial charge is 0.233 e. The number of nitrogens with two attached hydrogens (primary N) is 1. The van der Waals surface area contributed by atoms with Crippen molar-refractivity contribution in [3.63, 3.8) is 0 Å². The van der Waals surface area contributed by atoms with Crippen molar-refractivity contribution < 1.29 is 9.26 Å². The molecule has 0 amide bonds. The number of nitrogens with zero attached hydrogens (tertiary/aromatic N) is 3. The van der Waals surface area contributed by atoms with Crippen LogP contribution in [0.1, 0.15) is 19.7 Å². The number of pyridine rings is 1. The van der Waals surface area contributed by atoms with Gasteiger partial charge in [0.1, 0.15) is 0 Å². The number of ether oxygens (including phenoxy) is 1. The van der Waals surface area contributed by atoms with Crippen LogP contribution in [0.4, 0.5) is 0 Å². The van der Waals surface area contributed by atoms with Gasteiger partial charge in [-0.25, -0.2) is 4.98 Å². The van der Waals surface area contributed by atoms with E-state index in [1.54, 1.807) is 19.4 Å². The molecule has 6 nitrogen and oxygen atoms in total. The fourth-order valence-electron chi connectivity index (χ4n) is 1.34. The van der Waals surface area contributed by atoms with Gasteiger partial charge in [0, 0.05) is 24.4 Å². The molecule has 0 aliphatic heterocycles. The number of hydrogen-bond acceptors (Lipinski definition) is 6. The topological polar surface area (TPSA) is 87.1 Å². The number of methoxy groups -OCH3 is 1. The predicted molar refractivity (Wildman–Crippen MR) is 73.4 cm³/mol. The Morgan fingerprint density at radius 2 is 2.11 bits per heavy atom. The van der Waals surface area contributed by atoms with Gasteiger partial charge in [0.2, 0.25) is 17.6 Å². The minimum atomic E-state index is -0.328.